The normalized spacial score (nSPS) is 21.5. The molecule has 0 spiro atoms. The first-order valence-electron chi connectivity index (χ1n) is 8.18. The minimum absolute atomic E-state index is 0.545. The Hall–Kier alpha value is -0.970. The van der Waals surface area contributed by atoms with Crippen LogP contribution in [-0.4, -0.2) is 34.1 Å². The van der Waals surface area contributed by atoms with Crippen molar-refractivity contribution in [2.24, 2.45) is 0 Å². The number of anilines is 2. The maximum absolute atomic E-state index is 4.69. The predicted molar refractivity (Wildman–Crippen MR) is 93.4 cm³/mol. The molecule has 4 nitrogen and oxygen atoms in total. The zero-order chi connectivity index (χ0) is 15.1. The van der Waals surface area contributed by atoms with Gasteiger partial charge in [0.15, 0.2) is 0 Å². The van der Waals surface area contributed by atoms with Gasteiger partial charge in [0.05, 0.1) is 0 Å². The molecule has 5 heteroatoms. The van der Waals surface area contributed by atoms with Gasteiger partial charge in [0.1, 0.15) is 17.5 Å². The molecule has 1 aliphatic carbocycles. The molecule has 21 heavy (non-hydrogen) atoms. The van der Waals surface area contributed by atoms with Crippen LogP contribution in [0.15, 0.2) is 6.07 Å². The van der Waals surface area contributed by atoms with E-state index in [2.05, 4.69) is 41.8 Å². The lowest BCUT2D eigenvalue weighted by Crippen LogP contribution is -2.26. The van der Waals surface area contributed by atoms with E-state index in [-0.39, 0.29) is 0 Å². The highest BCUT2D eigenvalue weighted by Gasteiger charge is 2.26. The lowest BCUT2D eigenvalue weighted by molar-refractivity contribution is 0.755. The molecule has 1 aliphatic rings. The van der Waals surface area contributed by atoms with E-state index in [0.29, 0.717) is 11.3 Å². The lowest BCUT2D eigenvalue weighted by Gasteiger charge is -2.20. The van der Waals surface area contributed by atoms with E-state index in [1.807, 2.05) is 11.8 Å². The number of hydrogen-bond acceptors (Lipinski definition) is 5. The molecule has 1 fully saturated rings. The summed E-state index contributed by atoms with van der Waals surface area (Å²) in [5.41, 5.74) is 0. The highest BCUT2D eigenvalue weighted by molar-refractivity contribution is 7.99. The van der Waals surface area contributed by atoms with Gasteiger partial charge < -0.3 is 10.6 Å². The Labute approximate surface area is 132 Å². The van der Waals surface area contributed by atoms with Crippen molar-refractivity contribution in [3.05, 3.63) is 11.9 Å². The van der Waals surface area contributed by atoms with Crippen molar-refractivity contribution >= 4 is 23.4 Å². The zero-order valence-electron chi connectivity index (χ0n) is 13.5. The average molecular weight is 308 g/mol. The number of nitrogens with zero attached hydrogens (tertiary/aromatic N) is 2. The fraction of sp³-hybridized carbons (Fsp3) is 0.750. The van der Waals surface area contributed by atoms with E-state index in [1.165, 1.54) is 19.3 Å². The first-order chi connectivity index (χ1) is 10.3. The molecule has 0 radical (unpaired) electrons. The summed E-state index contributed by atoms with van der Waals surface area (Å²) in [6.07, 6.45) is 9.20. The molecular formula is C16H28N4S. The topological polar surface area (TPSA) is 49.8 Å². The fourth-order valence-electron chi connectivity index (χ4n) is 2.81. The van der Waals surface area contributed by atoms with Gasteiger partial charge in [-0.2, -0.15) is 11.8 Å². The van der Waals surface area contributed by atoms with Crippen LogP contribution in [0.2, 0.25) is 0 Å². The average Bonchev–Trinajstić information content (AvgIpc) is 2.92. The number of aromatic nitrogens is 2. The number of rotatable bonds is 8. The SMILES string of the molecule is CCCNc1cc(NC2CCCC2SC)nc(CCC)n1. The van der Waals surface area contributed by atoms with Crippen molar-refractivity contribution in [3.63, 3.8) is 0 Å². The van der Waals surface area contributed by atoms with E-state index in [9.17, 15) is 0 Å². The second-order valence-electron chi connectivity index (χ2n) is 5.69. The van der Waals surface area contributed by atoms with E-state index < -0.39 is 0 Å². The van der Waals surface area contributed by atoms with Gasteiger partial charge in [-0.25, -0.2) is 9.97 Å². The van der Waals surface area contributed by atoms with Gasteiger partial charge in [0.25, 0.3) is 0 Å². The van der Waals surface area contributed by atoms with Crippen LogP contribution in [-0.2, 0) is 6.42 Å². The fourth-order valence-corrected chi connectivity index (χ4v) is 3.75. The standard InChI is InChI=1S/C16H28N4S/c1-4-7-14-19-15(17-10-5-2)11-16(20-14)18-12-8-6-9-13(12)21-3/h11-13H,4-10H2,1-3H3,(H2,17,18,19,20). The third-order valence-corrected chi connectivity index (χ3v) is 5.06. The molecule has 1 aromatic heterocycles. The molecule has 1 heterocycles. The molecule has 0 bridgehead atoms. The number of nitrogens with one attached hydrogen (secondary N) is 2. The van der Waals surface area contributed by atoms with E-state index in [0.717, 1.165) is 43.3 Å². The molecule has 1 aromatic rings. The van der Waals surface area contributed by atoms with E-state index >= 15 is 0 Å². The van der Waals surface area contributed by atoms with Crippen molar-refractivity contribution in [2.45, 2.75) is 63.7 Å². The highest BCUT2D eigenvalue weighted by Crippen LogP contribution is 2.30. The molecule has 2 N–H and O–H groups in total. The highest BCUT2D eigenvalue weighted by atomic mass is 32.2. The summed E-state index contributed by atoms with van der Waals surface area (Å²) in [6.45, 7) is 5.30. The molecule has 0 saturated heterocycles. The summed E-state index contributed by atoms with van der Waals surface area (Å²) >= 11 is 1.97. The van der Waals surface area contributed by atoms with Crippen molar-refractivity contribution < 1.29 is 0 Å². The van der Waals surface area contributed by atoms with Gasteiger partial charge >= 0.3 is 0 Å². The van der Waals surface area contributed by atoms with Crippen LogP contribution in [0, 0.1) is 0 Å². The molecule has 2 unspecified atom stereocenters. The molecular weight excluding hydrogens is 280 g/mol. The second kappa shape index (κ2) is 8.47. The Bertz CT molecular complexity index is 438. The van der Waals surface area contributed by atoms with Gasteiger partial charge in [-0.3, -0.25) is 0 Å². The summed E-state index contributed by atoms with van der Waals surface area (Å²) in [6, 6.07) is 2.60. The van der Waals surface area contributed by atoms with Crippen LogP contribution in [0.5, 0.6) is 0 Å². The van der Waals surface area contributed by atoms with Gasteiger partial charge in [-0.15, -0.1) is 0 Å². The van der Waals surface area contributed by atoms with Crippen LogP contribution in [0.1, 0.15) is 51.8 Å². The molecule has 0 aliphatic heterocycles. The molecule has 2 rings (SSSR count). The third-order valence-electron chi connectivity index (χ3n) is 3.89. The largest absolute Gasteiger partial charge is 0.370 e. The summed E-state index contributed by atoms with van der Waals surface area (Å²) in [4.78, 5) is 9.30. The van der Waals surface area contributed by atoms with Crippen LogP contribution >= 0.6 is 11.8 Å². The van der Waals surface area contributed by atoms with Gasteiger partial charge in [0.2, 0.25) is 0 Å². The van der Waals surface area contributed by atoms with Crippen LogP contribution in [0.4, 0.5) is 11.6 Å². The van der Waals surface area contributed by atoms with Crippen molar-refractivity contribution in [1.82, 2.24) is 9.97 Å². The van der Waals surface area contributed by atoms with E-state index in [1.54, 1.807) is 0 Å². The van der Waals surface area contributed by atoms with Crippen LogP contribution in [0.25, 0.3) is 0 Å². The Morgan fingerprint density at radius 1 is 1.19 bits per heavy atom. The van der Waals surface area contributed by atoms with Crippen molar-refractivity contribution in [3.8, 4) is 0 Å². The Kier molecular flexibility index (Phi) is 6.61. The Balaban J connectivity index is 2.10. The first kappa shape index (κ1) is 16.4. The number of thioether (sulfide) groups is 1. The van der Waals surface area contributed by atoms with Gasteiger partial charge in [-0.05, 0) is 31.9 Å². The maximum Gasteiger partial charge on any atom is 0.133 e. The minimum atomic E-state index is 0.545. The second-order valence-corrected chi connectivity index (χ2v) is 6.76. The molecule has 1 saturated carbocycles. The summed E-state index contributed by atoms with van der Waals surface area (Å²) in [5.74, 6) is 2.88. The van der Waals surface area contributed by atoms with Crippen LogP contribution in [0.3, 0.4) is 0 Å². The lowest BCUT2D eigenvalue weighted by atomic mass is 10.2. The smallest absolute Gasteiger partial charge is 0.133 e. The molecule has 118 valence electrons. The molecule has 2 atom stereocenters. The monoisotopic (exact) mass is 308 g/mol. The van der Waals surface area contributed by atoms with Crippen molar-refractivity contribution in [2.75, 3.05) is 23.4 Å². The van der Waals surface area contributed by atoms with Crippen LogP contribution < -0.4 is 10.6 Å². The molecule has 0 amide bonds. The number of hydrogen-bond donors (Lipinski definition) is 2. The first-order valence-corrected chi connectivity index (χ1v) is 9.46. The third kappa shape index (κ3) is 4.77. The summed E-state index contributed by atoms with van der Waals surface area (Å²) < 4.78 is 0. The zero-order valence-corrected chi connectivity index (χ0v) is 14.3. The van der Waals surface area contributed by atoms with Gasteiger partial charge in [0, 0.05) is 30.3 Å². The predicted octanol–water partition coefficient (Wildman–Crippen LogP) is 3.95. The summed E-state index contributed by atoms with van der Waals surface area (Å²) in [7, 11) is 0. The maximum atomic E-state index is 4.69. The summed E-state index contributed by atoms with van der Waals surface area (Å²) in [5, 5.41) is 7.74. The molecule has 0 aromatic carbocycles. The number of aryl methyl sites for hydroxylation is 1. The minimum Gasteiger partial charge on any atom is -0.370 e. The quantitative estimate of drug-likeness (QED) is 0.761. The van der Waals surface area contributed by atoms with Gasteiger partial charge in [-0.1, -0.05) is 20.3 Å². The van der Waals surface area contributed by atoms with E-state index in [4.69, 9.17) is 4.98 Å². The Morgan fingerprint density at radius 3 is 2.71 bits per heavy atom. The Morgan fingerprint density at radius 2 is 2.00 bits per heavy atom. The van der Waals surface area contributed by atoms with Crippen molar-refractivity contribution in [1.29, 1.82) is 0 Å².